The second kappa shape index (κ2) is 4.09. The van der Waals surface area contributed by atoms with Crippen LogP contribution < -0.4 is 5.32 Å². The fraction of sp³-hybridized carbons (Fsp3) is 0.583. The van der Waals surface area contributed by atoms with Gasteiger partial charge in [0.25, 0.3) is 0 Å². The highest BCUT2D eigenvalue weighted by atomic mass is 15.0. The summed E-state index contributed by atoms with van der Waals surface area (Å²) in [6, 6.07) is 7.50. The summed E-state index contributed by atoms with van der Waals surface area (Å²) in [6.45, 7) is 4.40. The molecule has 2 heteroatoms. The molecule has 1 aromatic heterocycles. The molecule has 0 unspecified atom stereocenters. The minimum atomic E-state index is 0.602. The van der Waals surface area contributed by atoms with Gasteiger partial charge in [-0.25, -0.2) is 0 Å². The van der Waals surface area contributed by atoms with Crippen LogP contribution in [0.4, 0.5) is 0 Å². The summed E-state index contributed by atoms with van der Waals surface area (Å²) >= 11 is 0. The second-order valence-electron chi connectivity index (χ2n) is 4.44. The zero-order valence-corrected chi connectivity index (χ0v) is 8.90. The van der Waals surface area contributed by atoms with Gasteiger partial charge in [0.15, 0.2) is 0 Å². The summed E-state index contributed by atoms with van der Waals surface area (Å²) in [5.74, 6) is 0.687. The Morgan fingerprint density at radius 1 is 1.36 bits per heavy atom. The molecule has 1 aliphatic rings. The van der Waals surface area contributed by atoms with Crippen molar-refractivity contribution in [1.82, 2.24) is 10.3 Å². The standard InChI is InChI=1S/C12H18N2/c1-9(2)14-11-7-10(8-11)12-5-3-4-6-13-12/h3-6,9-11,14H,7-8H2,1-2H3. The van der Waals surface area contributed by atoms with Crippen molar-refractivity contribution in [2.75, 3.05) is 0 Å². The van der Waals surface area contributed by atoms with Crippen molar-refractivity contribution in [2.24, 2.45) is 0 Å². The van der Waals surface area contributed by atoms with Crippen LogP contribution in [-0.2, 0) is 0 Å². The summed E-state index contributed by atoms with van der Waals surface area (Å²) in [5, 5.41) is 3.55. The molecule has 14 heavy (non-hydrogen) atoms. The fourth-order valence-corrected chi connectivity index (χ4v) is 2.08. The predicted octanol–water partition coefficient (Wildman–Crippen LogP) is 2.33. The van der Waals surface area contributed by atoms with Crippen LogP contribution in [0.2, 0.25) is 0 Å². The van der Waals surface area contributed by atoms with Crippen LogP contribution in [0.1, 0.15) is 38.3 Å². The van der Waals surface area contributed by atoms with E-state index in [0.717, 1.165) is 0 Å². The highest BCUT2D eigenvalue weighted by molar-refractivity contribution is 5.14. The molecule has 1 saturated carbocycles. The number of aromatic nitrogens is 1. The maximum atomic E-state index is 4.39. The number of hydrogen-bond acceptors (Lipinski definition) is 2. The minimum Gasteiger partial charge on any atom is -0.312 e. The molecular formula is C12H18N2. The third-order valence-corrected chi connectivity index (χ3v) is 2.81. The molecule has 1 heterocycles. The zero-order valence-electron chi connectivity index (χ0n) is 8.90. The maximum absolute atomic E-state index is 4.39. The van der Waals surface area contributed by atoms with Crippen LogP contribution in [0.5, 0.6) is 0 Å². The number of pyridine rings is 1. The molecule has 0 spiro atoms. The van der Waals surface area contributed by atoms with Gasteiger partial charge in [0, 0.05) is 29.9 Å². The largest absolute Gasteiger partial charge is 0.312 e. The van der Waals surface area contributed by atoms with Crippen molar-refractivity contribution in [1.29, 1.82) is 0 Å². The van der Waals surface area contributed by atoms with Crippen LogP contribution in [0, 0.1) is 0 Å². The molecule has 1 aromatic rings. The van der Waals surface area contributed by atoms with Gasteiger partial charge in [0.1, 0.15) is 0 Å². The zero-order chi connectivity index (χ0) is 9.97. The Morgan fingerprint density at radius 2 is 2.14 bits per heavy atom. The Labute approximate surface area is 85.7 Å². The van der Waals surface area contributed by atoms with Crippen LogP contribution in [-0.4, -0.2) is 17.1 Å². The lowest BCUT2D eigenvalue weighted by molar-refractivity contribution is 0.271. The maximum Gasteiger partial charge on any atom is 0.0435 e. The van der Waals surface area contributed by atoms with Gasteiger partial charge < -0.3 is 5.32 Å². The number of rotatable bonds is 3. The molecule has 1 N–H and O–H groups in total. The molecule has 76 valence electrons. The summed E-state index contributed by atoms with van der Waals surface area (Å²) < 4.78 is 0. The van der Waals surface area contributed by atoms with Gasteiger partial charge in [-0.1, -0.05) is 19.9 Å². The lowest BCUT2D eigenvalue weighted by atomic mass is 9.77. The van der Waals surface area contributed by atoms with E-state index in [1.165, 1.54) is 18.5 Å². The predicted molar refractivity (Wildman–Crippen MR) is 58.3 cm³/mol. The molecule has 0 bridgehead atoms. The van der Waals surface area contributed by atoms with Crippen molar-refractivity contribution < 1.29 is 0 Å². The summed E-state index contributed by atoms with van der Waals surface area (Å²) in [7, 11) is 0. The van der Waals surface area contributed by atoms with Crippen molar-refractivity contribution in [3.63, 3.8) is 0 Å². The van der Waals surface area contributed by atoms with Gasteiger partial charge in [-0.3, -0.25) is 4.98 Å². The number of nitrogens with one attached hydrogen (secondary N) is 1. The topological polar surface area (TPSA) is 24.9 Å². The van der Waals surface area contributed by atoms with Crippen molar-refractivity contribution in [2.45, 2.75) is 44.7 Å². The average molecular weight is 190 g/mol. The van der Waals surface area contributed by atoms with Gasteiger partial charge in [0.05, 0.1) is 0 Å². The minimum absolute atomic E-state index is 0.602. The van der Waals surface area contributed by atoms with E-state index < -0.39 is 0 Å². The molecular weight excluding hydrogens is 172 g/mol. The summed E-state index contributed by atoms with van der Waals surface area (Å²) in [5.41, 5.74) is 1.26. The van der Waals surface area contributed by atoms with Crippen LogP contribution >= 0.6 is 0 Å². The van der Waals surface area contributed by atoms with E-state index in [9.17, 15) is 0 Å². The van der Waals surface area contributed by atoms with E-state index >= 15 is 0 Å². The molecule has 2 nitrogen and oxygen atoms in total. The first-order chi connectivity index (χ1) is 6.75. The molecule has 0 aliphatic heterocycles. The first-order valence-electron chi connectivity index (χ1n) is 5.42. The Hall–Kier alpha value is -0.890. The molecule has 1 aliphatic carbocycles. The molecule has 0 atom stereocenters. The van der Waals surface area contributed by atoms with Crippen LogP contribution in [0.3, 0.4) is 0 Å². The van der Waals surface area contributed by atoms with E-state index in [4.69, 9.17) is 0 Å². The Bertz CT molecular complexity index is 276. The number of nitrogens with zero attached hydrogens (tertiary/aromatic N) is 1. The Morgan fingerprint density at radius 3 is 2.71 bits per heavy atom. The highest BCUT2D eigenvalue weighted by Crippen LogP contribution is 2.35. The Balaban J connectivity index is 1.83. The molecule has 0 aromatic carbocycles. The van der Waals surface area contributed by atoms with E-state index in [2.05, 4.69) is 36.3 Å². The van der Waals surface area contributed by atoms with Gasteiger partial charge in [-0.2, -0.15) is 0 Å². The summed E-state index contributed by atoms with van der Waals surface area (Å²) in [4.78, 5) is 4.39. The fourth-order valence-electron chi connectivity index (χ4n) is 2.08. The third-order valence-electron chi connectivity index (χ3n) is 2.81. The normalized spacial score (nSPS) is 26.2. The molecule has 2 rings (SSSR count). The third kappa shape index (κ3) is 2.13. The number of hydrogen-bond donors (Lipinski definition) is 1. The average Bonchev–Trinajstić information content (AvgIpc) is 2.12. The molecule has 0 amide bonds. The van der Waals surface area contributed by atoms with E-state index in [0.29, 0.717) is 18.0 Å². The van der Waals surface area contributed by atoms with Crippen molar-refractivity contribution >= 4 is 0 Å². The van der Waals surface area contributed by atoms with Crippen molar-refractivity contribution in [3.05, 3.63) is 30.1 Å². The van der Waals surface area contributed by atoms with Gasteiger partial charge in [-0.15, -0.1) is 0 Å². The van der Waals surface area contributed by atoms with E-state index in [1.54, 1.807) is 0 Å². The molecule has 0 radical (unpaired) electrons. The summed E-state index contributed by atoms with van der Waals surface area (Å²) in [6.07, 6.45) is 4.38. The SMILES string of the molecule is CC(C)NC1CC(c2ccccn2)C1. The smallest absolute Gasteiger partial charge is 0.0435 e. The molecule has 0 saturated heterocycles. The monoisotopic (exact) mass is 190 g/mol. The van der Waals surface area contributed by atoms with Gasteiger partial charge in [-0.05, 0) is 25.0 Å². The highest BCUT2D eigenvalue weighted by Gasteiger charge is 2.30. The van der Waals surface area contributed by atoms with Crippen LogP contribution in [0.25, 0.3) is 0 Å². The first-order valence-corrected chi connectivity index (χ1v) is 5.42. The molecule has 1 fully saturated rings. The second-order valence-corrected chi connectivity index (χ2v) is 4.44. The van der Waals surface area contributed by atoms with Crippen LogP contribution in [0.15, 0.2) is 24.4 Å². The lowest BCUT2D eigenvalue weighted by Crippen LogP contribution is -2.43. The van der Waals surface area contributed by atoms with Gasteiger partial charge >= 0.3 is 0 Å². The van der Waals surface area contributed by atoms with Crippen molar-refractivity contribution in [3.8, 4) is 0 Å². The lowest BCUT2D eigenvalue weighted by Gasteiger charge is -2.36. The first kappa shape index (κ1) is 9.66. The van der Waals surface area contributed by atoms with Gasteiger partial charge in [0.2, 0.25) is 0 Å². The Kier molecular flexibility index (Phi) is 2.82. The van der Waals surface area contributed by atoms with E-state index in [-0.39, 0.29) is 0 Å². The quantitative estimate of drug-likeness (QED) is 0.791. The van der Waals surface area contributed by atoms with E-state index in [1.807, 2.05) is 12.3 Å².